The fourth-order valence-corrected chi connectivity index (χ4v) is 3.60. The van der Waals surface area contributed by atoms with Gasteiger partial charge in [0.05, 0.1) is 14.2 Å². The van der Waals surface area contributed by atoms with Crippen molar-refractivity contribution in [2.45, 2.75) is 23.6 Å². The molecule has 0 saturated heterocycles. The Balaban J connectivity index is 0.000000260. The van der Waals surface area contributed by atoms with E-state index in [-0.39, 0.29) is 21.3 Å². The molecule has 0 spiro atoms. The Labute approximate surface area is 157 Å². The normalized spacial score (nSPS) is 11.3. The molecular formula is C16H19ClO7S2. The standard InChI is InChI=1S/C8H9ClO3S.C8H10O4S/c2*1-6-3-4-8(13(9,10)11)7(5-6)12-2/h3-5H,1-2H3;3-5H,1-2H3,(H,9,10,11). The molecule has 0 amide bonds. The van der Waals surface area contributed by atoms with Crippen LogP contribution in [0.4, 0.5) is 0 Å². The first-order chi connectivity index (χ1) is 11.9. The van der Waals surface area contributed by atoms with E-state index in [0.29, 0.717) is 0 Å². The lowest BCUT2D eigenvalue weighted by atomic mass is 10.2. The van der Waals surface area contributed by atoms with Crippen LogP contribution in [0, 0.1) is 13.8 Å². The first kappa shape index (κ1) is 22.2. The van der Waals surface area contributed by atoms with Crippen LogP contribution in [0.3, 0.4) is 0 Å². The SMILES string of the molecule is COc1cc(C)ccc1S(=O)(=O)Cl.COc1cc(C)ccc1S(=O)(=O)O. The van der Waals surface area contributed by atoms with Crippen molar-refractivity contribution < 1.29 is 30.9 Å². The zero-order valence-corrected chi connectivity index (χ0v) is 16.9. The van der Waals surface area contributed by atoms with Crippen LogP contribution in [-0.2, 0) is 19.2 Å². The Morgan fingerprint density at radius 1 is 0.808 bits per heavy atom. The first-order valence-electron chi connectivity index (χ1n) is 7.11. The summed E-state index contributed by atoms with van der Waals surface area (Å²) in [5.41, 5.74) is 1.78. The van der Waals surface area contributed by atoms with Crippen LogP contribution < -0.4 is 9.47 Å². The second kappa shape index (κ2) is 8.72. The molecule has 0 aromatic heterocycles. The molecule has 1 N–H and O–H groups in total. The Morgan fingerprint density at radius 2 is 1.19 bits per heavy atom. The summed E-state index contributed by atoms with van der Waals surface area (Å²) < 4.78 is 62.1. The second-order valence-electron chi connectivity index (χ2n) is 5.22. The molecule has 0 radical (unpaired) electrons. The topological polar surface area (TPSA) is 107 Å². The molecule has 144 valence electrons. The monoisotopic (exact) mass is 422 g/mol. The molecule has 0 bridgehead atoms. The zero-order chi connectivity index (χ0) is 20.1. The maximum absolute atomic E-state index is 11.0. The van der Waals surface area contributed by atoms with E-state index in [1.54, 1.807) is 31.2 Å². The highest BCUT2D eigenvalue weighted by Crippen LogP contribution is 2.27. The summed E-state index contributed by atoms with van der Waals surface area (Å²) in [6, 6.07) is 9.15. The number of aryl methyl sites for hydroxylation is 2. The highest BCUT2D eigenvalue weighted by molar-refractivity contribution is 8.13. The van der Waals surface area contributed by atoms with Gasteiger partial charge < -0.3 is 9.47 Å². The smallest absolute Gasteiger partial charge is 0.298 e. The molecular weight excluding hydrogens is 404 g/mol. The number of rotatable bonds is 4. The van der Waals surface area contributed by atoms with Crippen LogP contribution in [0.2, 0.25) is 0 Å². The van der Waals surface area contributed by atoms with Crippen LogP contribution in [0.25, 0.3) is 0 Å². The van der Waals surface area contributed by atoms with Gasteiger partial charge in [-0.05, 0) is 49.2 Å². The van der Waals surface area contributed by atoms with Gasteiger partial charge in [-0.15, -0.1) is 0 Å². The molecule has 0 fully saturated rings. The van der Waals surface area contributed by atoms with E-state index >= 15 is 0 Å². The molecule has 0 unspecified atom stereocenters. The first-order valence-corrected chi connectivity index (χ1v) is 10.9. The van der Waals surface area contributed by atoms with Gasteiger partial charge in [0, 0.05) is 10.7 Å². The maximum Gasteiger partial charge on any atom is 0.298 e. The van der Waals surface area contributed by atoms with Crippen molar-refractivity contribution in [3.05, 3.63) is 47.5 Å². The summed E-state index contributed by atoms with van der Waals surface area (Å²) in [7, 11) is 0.0383. The van der Waals surface area contributed by atoms with Crippen molar-refractivity contribution in [1.29, 1.82) is 0 Å². The largest absolute Gasteiger partial charge is 0.495 e. The molecule has 0 heterocycles. The minimum Gasteiger partial charge on any atom is -0.495 e. The van der Waals surface area contributed by atoms with E-state index in [1.807, 2.05) is 6.92 Å². The number of hydrogen-bond donors (Lipinski definition) is 1. The predicted molar refractivity (Wildman–Crippen MR) is 98.3 cm³/mol. The summed E-state index contributed by atoms with van der Waals surface area (Å²) in [6.45, 7) is 3.64. The van der Waals surface area contributed by atoms with E-state index in [0.717, 1.165) is 11.1 Å². The molecule has 10 heteroatoms. The van der Waals surface area contributed by atoms with Crippen LogP contribution in [0.15, 0.2) is 46.2 Å². The van der Waals surface area contributed by atoms with Crippen LogP contribution >= 0.6 is 10.7 Å². The molecule has 2 rings (SSSR count). The Morgan fingerprint density at radius 3 is 1.54 bits per heavy atom. The summed E-state index contributed by atoms with van der Waals surface area (Å²) in [4.78, 5) is -0.206. The van der Waals surface area contributed by atoms with Crippen molar-refractivity contribution >= 4 is 29.9 Å². The van der Waals surface area contributed by atoms with E-state index in [4.69, 9.17) is 24.7 Å². The predicted octanol–water partition coefficient (Wildman–Crippen LogP) is 3.18. The Hall–Kier alpha value is -1.81. The lowest BCUT2D eigenvalue weighted by Gasteiger charge is -2.05. The molecule has 7 nitrogen and oxygen atoms in total. The van der Waals surface area contributed by atoms with Crippen LogP contribution in [0.1, 0.15) is 11.1 Å². The van der Waals surface area contributed by atoms with Crippen LogP contribution in [-0.4, -0.2) is 35.6 Å². The van der Waals surface area contributed by atoms with Crippen molar-refractivity contribution in [3.63, 3.8) is 0 Å². The summed E-state index contributed by atoms with van der Waals surface area (Å²) in [6.07, 6.45) is 0. The van der Waals surface area contributed by atoms with E-state index in [9.17, 15) is 16.8 Å². The zero-order valence-electron chi connectivity index (χ0n) is 14.6. The average molecular weight is 423 g/mol. The van der Waals surface area contributed by atoms with Crippen molar-refractivity contribution in [1.82, 2.24) is 0 Å². The highest BCUT2D eigenvalue weighted by Gasteiger charge is 2.16. The lowest BCUT2D eigenvalue weighted by Crippen LogP contribution is -2.01. The van der Waals surface area contributed by atoms with E-state index in [1.165, 1.54) is 26.4 Å². The number of ether oxygens (including phenoxy) is 2. The van der Waals surface area contributed by atoms with Gasteiger partial charge >= 0.3 is 0 Å². The summed E-state index contributed by atoms with van der Waals surface area (Å²) in [5.74, 6) is 0.428. The quantitative estimate of drug-likeness (QED) is 0.595. The van der Waals surface area contributed by atoms with Gasteiger partial charge in [-0.25, -0.2) is 8.42 Å². The van der Waals surface area contributed by atoms with Gasteiger partial charge in [-0.1, -0.05) is 12.1 Å². The number of methoxy groups -OCH3 is 2. The number of hydrogen-bond acceptors (Lipinski definition) is 6. The Bertz CT molecular complexity index is 902. The highest BCUT2D eigenvalue weighted by atomic mass is 35.7. The Kier molecular flexibility index (Phi) is 7.45. The third-order valence-corrected chi connectivity index (χ3v) is 5.43. The van der Waals surface area contributed by atoms with Gasteiger partial charge in [0.1, 0.15) is 21.3 Å². The van der Waals surface area contributed by atoms with Gasteiger partial charge in [-0.3, -0.25) is 4.55 Å². The lowest BCUT2D eigenvalue weighted by molar-refractivity contribution is 0.397. The second-order valence-corrected chi connectivity index (χ2v) is 9.15. The molecule has 2 aromatic carbocycles. The molecule has 0 aliphatic heterocycles. The average Bonchev–Trinajstić information content (AvgIpc) is 2.52. The third-order valence-electron chi connectivity index (χ3n) is 3.18. The molecule has 0 atom stereocenters. The van der Waals surface area contributed by atoms with Gasteiger partial charge in [-0.2, -0.15) is 8.42 Å². The maximum atomic E-state index is 11.0. The van der Waals surface area contributed by atoms with Crippen molar-refractivity contribution in [2.75, 3.05) is 14.2 Å². The van der Waals surface area contributed by atoms with Crippen LogP contribution in [0.5, 0.6) is 11.5 Å². The summed E-state index contributed by atoms with van der Waals surface area (Å²) in [5, 5.41) is 0. The molecule has 26 heavy (non-hydrogen) atoms. The van der Waals surface area contributed by atoms with E-state index < -0.39 is 19.2 Å². The molecule has 0 aliphatic rings. The van der Waals surface area contributed by atoms with Gasteiger partial charge in [0.15, 0.2) is 0 Å². The molecule has 0 saturated carbocycles. The van der Waals surface area contributed by atoms with Crippen molar-refractivity contribution in [3.8, 4) is 11.5 Å². The summed E-state index contributed by atoms with van der Waals surface area (Å²) >= 11 is 0. The number of halogens is 1. The van der Waals surface area contributed by atoms with Gasteiger partial charge in [0.2, 0.25) is 0 Å². The number of benzene rings is 2. The fourth-order valence-electron chi connectivity index (χ4n) is 1.96. The minimum absolute atomic E-state index is 0.00210. The van der Waals surface area contributed by atoms with Crippen molar-refractivity contribution in [2.24, 2.45) is 0 Å². The molecule has 2 aromatic rings. The van der Waals surface area contributed by atoms with Gasteiger partial charge in [0.25, 0.3) is 19.2 Å². The third kappa shape index (κ3) is 6.17. The molecule has 0 aliphatic carbocycles. The fraction of sp³-hybridized carbons (Fsp3) is 0.250. The minimum atomic E-state index is -4.19. The van der Waals surface area contributed by atoms with E-state index in [2.05, 4.69) is 0 Å².